The summed E-state index contributed by atoms with van der Waals surface area (Å²) in [5, 5.41) is 10.4. The summed E-state index contributed by atoms with van der Waals surface area (Å²) in [5.41, 5.74) is 13.6. The number of anilines is 3. The Morgan fingerprint density at radius 1 is 0.483 bits per heavy atom. The normalized spacial score (nSPS) is 21.1. The summed E-state index contributed by atoms with van der Waals surface area (Å²) in [4.78, 5) is 55.5. The highest BCUT2D eigenvalue weighted by Crippen LogP contribution is 2.37. The van der Waals surface area contributed by atoms with Gasteiger partial charge in [-0.2, -0.15) is 0 Å². The topological polar surface area (TPSA) is 148 Å². The van der Waals surface area contributed by atoms with Gasteiger partial charge in [-0.1, -0.05) is 30.3 Å². The van der Waals surface area contributed by atoms with E-state index in [2.05, 4.69) is 163 Å². The van der Waals surface area contributed by atoms with Crippen LogP contribution in [0.5, 0.6) is 0 Å². The molecule has 6 aliphatic rings. The van der Waals surface area contributed by atoms with E-state index in [1.54, 1.807) is 0 Å². The van der Waals surface area contributed by atoms with Crippen LogP contribution in [0.15, 0.2) is 104 Å². The molecule has 0 aromatic carbocycles. The Morgan fingerprint density at radius 2 is 0.978 bits per heavy atom. The second-order valence-corrected chi connectivity index (χ2v) is 26.1. The van der Waals surface area contributed by atoms with E-state index in [1.807, 2.05) is 49.8 Å². The summed E-state index contributed by atoms with van der Waals surface area (Å²) in [5.74, 6) is 4.35. The molecule has 0 saturated carbocycles. The minimum Gasteiger partial charge on any atom is -0.390 e. The first kappa shape index (κ1) is 62.2. The van der Waals surface area contributed by atoms with Crippen LogP contribution in [0.3, 0.4) is 0 Å². The maximum atomic E-state index is 10.4. The fourth-order valence-corrected chi connectivity index (χ4v) is 14.8. The number of pyridine rings is 5. The molecule has 0 unspecified atom stereocenters. The molecule has 6 aliphatic heterocycles. The summed E-state index contributed by atoms with van der Waals surface area (Å²) in [6.07, 6.45) is 17.4. The highest BCUT2D eigenvalue weighted by Gasteiger charge is 2.33. The van der Waals surface area contributed by atoms with E-state index >= 15 is 0 Å². The summed E-state index contributed by atoms with van der Waals surface area (Å²) in [7, 11) is 8.73. The van der Waals surface area contributed by atoms with Crippen LogP contribution in [0.2, 0.25) is 0 Å². The summed E-state index contributed by atoms with van der Waals surface area (Å²) < 4.78 is 4.44. The Kier molecular flexibility index (Phi) is 19.9. The quantitative estimate of drug-likeness (QED) is 0.110. The predicted molar refractivity (Wildman–Crippen MR) is 355 cm³/mol. The van der Waals surface area contributed by atoms with Gasteiger partial charge < -0.3 is 34.5 Å². The number of likely N-dealkylation sites (tertiary alicyclic amines) is 3. The second-order valence-electron chi connectivity index (χ2n) is 26.1. The molecular weight excluding hydrogens is 1110 g/mol. The van der Waals surface area contributed by atoms with E-state index in [4.69, 9.17) is 34.9 Å². The number of aliphatic hydroxyl groups is 1. The monoisotopic (exact) mass is 1200 g/mol. The van der Waals surface area contributed by atoms with Gasteiger partial charge in [0.1, 0.15) is 34.6 Å². The van der Waals surface area contributed by atoms with Gasteiger partial charge in [-0.3, -0.25) is 38.5 Å². The van der Waals surface area contributed by atoms with Crippen LogP contribution in [-0.2, 0) is 26.2 Å². The Balaban J connectivity index is 0.000000130. The van der Waals surface area contributed by atoms with Gasteiger partial charge in [-0.05, 0) is 186 Å². The zero-order chi connectivity index (χ0) is 61.5. The van der Waals surface area contributed by atoms with E-state index in [-0.39, 0.29) is 6.61 Å². The molecule has 0 amide bonds. The third kappa shape index (κ3) is 14.3. The van der Waals surface area contributed by atoms with Gasteiger partial charge in [-0.15, -0.1) is 0 Å². The molecule has 14 rings (SSSR count). The smallest absolute Gasteiger partial charge is 0.138 e. The maximum absolute atomic E-state index is 10.4. The van der Waals surface area contributed by atoms with Crippen LogP contribution in [0, 0.1) is 27.7 Å². The second kappa shape index (κ2) is 28.5. The van der Waals surface area contributed by atoms with Gasteiger partial charge in [0.25, 0.3) is 0 Å². The molecule has 8 aromatic rings. The number of piperidine rings is 1. The molecule has 0 aliphatic carbocycles. The highest BCUT2D eigenvalue weighted by atomic mass is 16.3. The third-order valence-electron chi connectivity index (χ3n) is 19.8. The van der Waals surface area contributed by atoms with Gasteiger partial charge >= 0.3 is 0 Å². The number of fused-ring (bicyclic) bond motifs is 2. The standard InChI is InChI=1S/C24H32N6O.C23H30N6.C23H34N6/c1-18-6-4-10-25-24(18)20-7-5-11-29(20)16-19-21(17-31)30-22(26-19)8-3-9-23(30)28-14-12-27(2)13-15-28;1-18-6-4-10-24-23(18)20-7-5-11-28(20)16-19-17-29-21(25-19)8-3-9-22(29)27-14-12-26(2)13-15-27;1-17-7-5-11-24-23(17)21-8-6-12-29(21)16-19-15-22(26-18(2)25-19)28-13-9-20(10-14-28)27(3)4/h3-4,6,8-10,20,31H,5,7,11-17H2,1-2H3;3-4,6,8-10,17,20H,5,7,11-16H2,1-2H3;5,7,11,15,20-21H,6,8-10,12-14,16H2,1-4H3/t2*20-;21-/m000/s1. The van der Waals surface area contributed by atoms with Crippen LogP contribution in [0.1, 0.15) is 132 Å². The van der Waals surface area contributed by atoms with Crippen molar-refractivity contribution >= 4 is 28.7 Å². The van der Waals surface area contributed by atoms with Crippen molar-refractivity contribution in [3.8, 4) is 0 Å². The van der Waals surface area contributed by atoms with Gasteiger partial charge in [0.05, 0.1) is 64.6 Å². The van der Waals surface area contributed by atoms with Crippen molar-refractivity contribution in [2.24, 2.45) is 0 Å². The molecule has 89 heavy (non-hydrogen) atoms. The lowest BCUT2D eigenvalue weighted by Gasteiger charge is -2.36. The van der Waals surface area contributed by atoms with E-state index in [0.29, 0.717) is 24.2 Å². The fourth-order valence-electron chi connectivity index (χ4n) is 14.8. The number of likely N-dealkylation sites (N-methyl/N-ethyl adjacent to an activating group) is 2. The van der Waals surface area contributed by atoms with E-state index in [0.717, 1.165) is 169 Å². The highest BCUT2D eigenvalue weighted by molar-refractivity contribution is 5.56. The number of aromatic nitrogens is 9. The number of piperazine rings is 2. The lowest BCUT2D eigenvalue weighted by molar-refractivity contribution is 0.233. The molecule has 19 nitrogen and oxygen atoms in total. The van der Waals surface area contributed by atoms with Crippen LogP contribution >= 0.6 is 0 Å². The SMILES string of the molecule is Cc1cccnc1[C@@H]1CCCN1Cc1cn2c(N3CCN(C)CC3)cccc2n1.Cc1cccnc1[C@@H]1CCCN1Cc1nc2cccc(N3CCN(C)CC3)n2c1CO.Cc1nc(CN2CCC[C@H]2c2ncccc2C)cc(N2CCC(N(C)C)CC2)n1. The average Bonchev–Trinajstić information content (AvgIpc) is 2.13. The molecule has 6 saturated heterocycles. The van der Waals surface area contributed by atoms with Gasteiger partial charge in [-0.25, -0.2) is 19.9 Å². The van der Waals surface area contributed by atoms with Gasteiger partial charge in [0, 0.05) is 122 Å². The first-order valence-electron chi connectivity index (χ1n) is 33.0. The van der Waals surface area contributed by atoms with Crippen molar-refractivity contribution in [3.63, 3.8) is 0 Å². The van der Waals surface area contributed by atoms with E-state index in [1.165, 1.54) is 78.1 Å². The first-order valence-corrected chi connectivity index (χ1v) is 33.0. The first-order chi connectivity index (χ1) is 43.3. The van der Waals surface area contributed by atoms with Crippen LogP contribution < -0.4 is 14.7 Å². The van der Waals surface area contributed by atoms with Gasteiger partial charge in [0.15, 0.2) is 0 Å². The number of imidazole rings is 2. The number of nitrogens with zero attached hydrogens (tertiary/aromatic N) is 18. The Morgan fingerprint density at radius 3 is 1.49 bits per heavy atom. The summed E-state index contributed by atoms with van der Waals surface area (Å²) >= 11 is 0. The van der Waals surface area contributed by atoms with Crippen molar-refractivity contribution in [2.45, 2.75) is 129 Å². The molecule has 0 spiro atoms. The van der Waals surface area contributed by atoms with Crippen molar-refractivity contribution in [1.82, 2.24) is 73.1 Å². The minimum atomic E-state index is -0.0115. The predicted octanol–water partition coefficient (Wildman–Crippen LogP) is 9.10. The van der Waals surface area contributed by atoms with Crippen molar-refractivity contribution < 1.29 is 5.11 Å². The molecule has 1 N–H and O–H groups in total. The van der Waals surface area contributed by atoms with Gasteiger partial charge in [0.2, 0.25) is 0 Å². The minimum absolute atomic E-state index is 0.0115. The zero-order valence-corrected chi connectivity index (χ0v) is 54.3. The molecule has 3 atom stereocenters. The third-order valence-corrected chi connectivity index (χ3v) is 19.8. The van der Waals surface area contributed by atoms with Crippen molar-refractivity contribution in [2.75, 3.05) is 128 Å². The average molecular weight is 1210 g/mol. The maximum Gasteiger partial charge on any atom is 0.138 e. The lowest BCUT2D eigenvalue weighted by atomic mass is 10.0. The molecular formula is C70H96N18O. The number of aliphatic hydroxyl groups excluding tert-OH is 1. The summed E-state index contributed by atoms with van der Waals surface area (Å²) in [6.45, 7) is 24.8. The van der Waals surface area contributed by atoms with E-state index < -0.39 is 0 Å². The number of hydrogen-bond acceptors (Lipinski definition) is 17. The van der Waals surface area contributed by atoms with E-state index in [9.17, 15) is 5.11 Å². The number of hydrogen-bond donors (Lipinski definition) is 1. The Hall–Kier alpha value is -6.97. The summed E-state index contributed by atoms with van der Waals surface area (Å²) in [6, 6.07) is 29.3. The molecule has 6 fully saturated rings. The molecule has 19 heteroatoms. The number of rotatable bonds is 14. The van der Waals surface area contributed by atoms with Crippen molar-refractivity contribution in [1.29, 1.82) is 0 Å². The van der Waals surface area contributed by atoms with Crippen molar-refractivity contribution in [3.05, 3.63) is 166 Å². The molecule has 0 radical (unpaired) electrons. The largest absolute Gasteiger partial charge is 0.390 e. The Bertz CT molecular complexity index is 3620. The molecule has 14 heterocycles. The van der Waals surface area contributed by atoms with Crippen LogP contribution in [0.25, 0.3) is 11.3 Å². The molecule has 8 aromatic heterocycles. The number of aryl methyl sites for hydroxylation is 4. The lowest BCUT2D eigenvalue weighted by Crippen LogP contribution is -2.45. The Labute approximate surface area is 528 Å². The molecule has 472 valence electrons. The van der Waals surface area contributed by atoms with Crippen LogP contribution in [-0.4, -0.2) is 198 Å². The fraction of sp³-hybridized carbons (Fsp3) is 0.529. The zero-order valence-electron chi connectivity index (χ0n) is 54.3. The van der Waals surface area contributed by atoms with Crippen LogP contribution in [0.4, 0.5) is 17.5 Å². The molecule has 0 bridgehead atoms.